The lowest BCUT2D eigenvalue weighted by Gasteiger charge is -2.36. The number of hydrogen-bond donors (Lipinski definition) is 1. The molecule has 3 aliphatic rings. The van der Waals surface area contributed by atoms with Gasteiger partial charge in [0.15, 0.2) is 0 Å². The molecule has 0 spiro atoms. The maximum absolute atomic E-state index is 9.52. The number of anilines is 2. The summed E-state index contributed by atoms with van der Waals surface area (Å²) in [7, 11) is 0. The van der Waals surface area contributed by atoms with Gasteiger partial charge in [0.25, 0.3) is 0 Å². The van der Waals surface area contributed by atoms with E-state index in [1.54, 1.807) is 6.20 Å². The van der Waals surface area contributed by atoms with Crippen LogP contribution in [-0.2, 0) is 4.74 Å². The lowest BCUT2D eigenvalue weighted by atomic mass is 9.97. The van der Waals surface area contributed by atoms with Gasteiger partial charge in [0.05, 0.1) is 24.2 Å². The van der Waals surface area contributed by atoms with Crippen molar-refractivity contribution in [3.8, 4) is 6.07 Å². The molecule has 37 heavy (non-hydrogen) atoms. The first kappa shape index (κ1) is 23.6. The number of pyridine rings is 1. The van der Waals surface area contributed by atoms with Crippen molar-refractivity contribution < 1.29 is 4.74 Å². The fourth-order valence-electron chi connectivity index (χ4n) is 5.95. The number of nitrogens with one attached hydrogen (secondary N) is 1. The Labute approximate surface area is 218 Å². The van der Waals surface area contributed by atoms with Crippen LogP contribution < -0.4 is 15.1 Å². The molecule has 3 aromatic rings. The van der Waals surface area contributed by atoms with Crippen LogP contribution in [0.3, 0.4) is 0 Å². The Bertz CT molecular complexity index is 1340. The van der Waals surface area contributed by atoms with Crippen LogP contribution >= 0.6 is 0 Å². The smallest absolute Gasteiger partial charge is 0.132 e. The Balaban J connectivity index is 1.18. The van der Waals surface area contributed by atoms with Crippen LogP contribution in [0.2, 0.25) is 0 Å². The van der Waals surface area contributed by atoms with E-state index in [2.05, 4.69) is 80.6 Å². The first-order valence-corrected chi connectivity index (χ1v) is 13.4. The number of hydrogen-bond acceptors (Lipinski definition) is 7. The lowest BCUT2D eigenvalue weighted by molar-refractivity contribution is 0.108. The van der Waals surface area contributed by atoms with Gasteiger partial charge in [0.1, 0.15) is 17.9 Å². The molecule has 2 atom stereocenters. The number of ether oxygens (including phenoxy) is 1. The van der Waals surface area contributed by atoms with Gasteiger partial charge in [-0.2, -0.15) is 5.26 Å². The minimum absolute atomic E-state index is 0.0801. The van der Waals surface area contributed by atoms with Gasteiger partial charge in [0, 0.05) is 74.3 Å². The number of likely N-dealkylation sites (tertiary alicyclic amines) is 1. The Morgan fingerprint density at radius 1 is 1.05 bits per heavy atom. The van der Waals surface area contributed by atoms with Crippen molar-refractivity contribution >= 4 is 22.3 Å². The van der Waals surface area contributed by atoms with E-state index in [-0.39, 0.29) is 6.10 Å². The highest BCUT2D eigenvalue weighted by atomic mass is 16.5. The summed E-state index contributed by atoms with van der Waals surface area (Å²) >= 11 is 0. The number of fused-ring (bicyclic) bond motifs is 1. The van der Waals surface area contributed by atoms with E-state index in [1.807, 2.05) is 12.1 Å². The first-order valence-electron chi connectivity index (χ1n) is 13.4. The summed E-state index contributed by atoms with van der Waals surface area (Å²) < 4.78 is 6.29. The first-order chi connectivity index (χ1) is 18.2. The van der Waals surface area contributed by atoms with Crippen molar-refractivity contribution in [3.05, 3.63) is 77.8 Å². The fraction of sp³-hybridized carbons (Fsp3) is 0.400. The number of nitrogens with zero attached hydrogens (tertiary/aromatic N) is 5. The molecule has 6 rings (SSSR count). The number of piperazine rings is 1. The molecule has 3 fully saturated rings. The lowest BCUT2D eigenvalue weighted by Crippen LogP contribution is -2.43. The van der Waals surface area contributed by atoms with Crippen molar-refractivity contribution in [2.45, 2.75) is 25.4 Å². The van der Waals surface area contributed by atoms with Gasteiger partial charge in [-0.1, -0.05) is 12.1 Å². The highest BCUT2D eigenvalue weighted by Crippen LogP contribution is 2.33. The van der Waals surface area contributed by atoms with E-state index in [1.165, 1.54) is 11.3 Å². The predicted molar refractivity (Wildman–Crippen MR) is 148 cm³/mol. The number of benzene rings is 2. The highest BCUT2D eigenvalue weighted by Gasteiger charge is 2.27. The summed E-state index contributed by atoms with van der Waals surface area (Å²) in [6, 6.07) is 19.4. The minimum atomic E-state index is 0.0801. The van der Waals surface area contributed by atoms with Crippen LogP contribution in [0.25, 0.3) is 10.9 Å². The van der Waals surface area contributed by atoms with Gasteiger partial charge in [-0.15, -0.1) is 0 Å². The second-order valence-corrected chi connectivity index (χ2v) is 10.4. The second kappa shape index (κ2) is 10.3. The molecular formula is C30H34N6O. The van der Waals surface area contributed by atoms with Crippen molar-refractivity contribution in [3.63, 3.8) is 0 Å². The number of nitriles is 1. The second-order valence-electron chi connectivity index (χ2n) is 10.4. The molecule has 1 N–H and O–H groups in total. The minimum Gasteiger partial charge on any atom is -0.490 e. The molecule has 3 aliphatic heterocycles. The summed E-state index contributed by atoms with van der Waals surface area (Å²) in [5.74, 6) is 1.53. The van der Waals surface area contributed by atoms with Gasteiger partial charge in [-0.25, -0.2) is 0 Å². The van der Waals surface area contributed by atoms with E-state index >= 15 is 0 Å². The molecule has 3 saturated heterocycles. The van der Waals surface area contributed by atoms with Crippen molar-refractivity contribution in [2.24, 2.45) is 0 Å². The van der Waals surface area contributed by atoms with Crippen LogP contribution in [0, 0.1) is 11.3 Å². The molecule has 0 bridgehead atoms. The zero-order valence-corrected chi connectivity index (χ0v) is 21.4. The molecule has 1 aromatic heterocycles. The Hall–Kier alpha value is -3.76. The summed E-state index contributed by atoms with van der Waals surface area (Å²) in [5.41, 5.74) is 5.26. The topological polar surface area (TPSA) is 67.7 Å². The Morgan fingerprint density at radius 2 is 1.95 bits per heavy atom. The predicted octanol–water partition coefficient (Wildman–Crippen LogP) is 4.07. The van der Waals surface area contributed by atoms with E-state index in [9.17, 15) is 5.26 Å². The van der Waals surface area contributed by atoms with Crippen LogP contribution in [0.1, 0.15) is 30.4 Å². The average molecular weight is 495 g/mol. The molecule has 7 heteroatoms. The summed E-state index contributed by atoms with van der Waals surface area (Å²) in [6.45, 7) is 9.93. The van der Waals surface area contributed by atoms with Crippen LogP contribution in [-0.4, -0.2) is 68.3 Å². The van der Waals surface area contributed by atoms with Crippen LogP contribution in [0.5, 0.6) is 0 Å². The summed E-state index contributed by atoms with van der Waals surface area (Å²) in [4.78, 5) is 11.8. The molecular weight excluding hydrogens is 460 g/mol. The number of rotatable bonds is 4. The van der Waals surface area contributed by atoms with Crippen molar-refractivity contribution in [2.75, 3.05) is 62.2 Å². The maximum Gasteiger partial charge on any atom is 0.132 e. The molecule has 0 saturated carbocycles. The van der Waals surface area contributed by atoms with Gasteiger partial charge in [0.2, 0.25) is 0 Å². The fourth-order valence-corrected chi connectivity index (χ4v) is 5.95. The largest absolute Gasteiger partial charge is 0.490 e. The molecule has 2 aromatic carbocycles. The molecule has 0 amide bonds. The van der Waals surface area contributed by atoms with Gasteiger partial charge < -0.3 is 24.8 Å². The van der Waals surface area contributed by atoms with Crippen molar-refractivity contribution in [1.29, 1.82) is 5.26 Å². The Kier molecular flexibility index (Phi) is 6.58. The van der Waals surface area contributed by atoms with Gasteiger partial charge in [-0.05, 0) is 55.3 Å². The standard InChI is InChI=1S/C30H34N6O/c1-22-18-36(29-8-7-24(17-31)30-28(29)6-3-10-33-30)21-27(37-22)20-34-13-9-25(19-34)23-4-2-5-26(16-23)35-14-11-32-12-15-35/h2-8,10,16,20,22,25,32H,9,11-15,18-19,21H2,1H3/b27-20+/t22-,25?/m1/s1. The van der Waals surface area contributed by atoms with Crippen LogP contribution in [0.15, 0.2) is 66.7 Å². The number of morpholine rings is 1. The number of aromatic nitrogens is 1. The molecule has 190 valence electrons. The highest BCUT2D eigenvalue weighted by molar-refractivity contribution is 5.95. The SMILES string of the molecule is C[C@@H]1CN(c2ccc(C#N)c3ncccc23)C/C(=C\N2CCC(c3cccc(N4CCNCC4)c3)C2)O1. The monoisotopic (exact) mass is 494 g/mol. The van der Waals surface area contributed by atoms with Crippen LogP contribution in [0.4, 0.5) is 11.4 Å². The van der Waals surface area contributed by atoms with E-state index in [0.717, 1.165) is 74.6 Å². The van der Waals surface area contributed by atoms with E-state index in [0.29, 0.717) is 18.0 Å². The van der Waals surface area contributed by atoms with E-state index in [4.69, 9.17) is 4.74 Å². The molecule has 0 radical (unpaired) electrons. The third-order valence-corrected chi connectivity index (χ3v) is 7.75. The quantitative estimate of drug-likeness (QED) is 0.586. The summed E-state index contributed by atoms with van der Waals surface area (Å²) in [5, 5.41) is 14.0. The zero-order chi connectivity index (χ0) is 25.2. The van der Waals surface area contributed by atoms with Crippen molar-refractivity contribution in [1.82, 2.24) is 15.2 Å². The Morgan fingerprint density at radius 3 is 2.81 bits per heavy atom. The molecule has 1 unspecified atom stereocenters. The summed E-state index contributed by atoms with van der Waals surface area (Å²) in [6.07, 6.45) is 5.22. The third kappa shape index (κ3) is 4.94. The zero-order valence-electron chi connectivity index (χ0n) is 21.4. The molecule has 0 aliphatic carbocycles. The third-order valence-electron chi connectivity index (χ3n) is 7.75. The molecule has 4 heterocycles. The van der Waals surface area contributed by atoms with Gasteiger partial charge >= 0.3 is 0 Å². The average Bonchev–Trinajstić information content (AvgIpc) is 3.41. The van der Waals surface area contributed by atoms with Gasteiger partial charge in [-0.3, -0.25) is 4.98 Å². The normalized spacial score (nSPS) is 23.4. The maximum atomic E-state index is 9.52. The van der Waals surface area contributed by atoms with E-state index < -0.39 is 0 Å². The molecule has 7 nitrogen and oxygen atoms in total.